The van der Waals surface area contributed by atoms with Gasteiger partial charge in [0.15, 0.2) is 5.78 Å². The van der Waals surface area contributed by atoms with Crippen molar-refractivity contribution in [1.82, 2.24) is 0 Å². The zero-order valence-corrected chi connectivity index (χ0v) is 9.72. The van der Waals surface area contributed by atoms with Crippen LogP contribution in [-0.4, -0.2) is 31.2 Å². The molecule has 3 heteroatoms. The Morgan fingerprint density at radius 2 is 1.94 bits per heavy atom. The molecule has 2 aliphatic heterocycles. The van der Waals surface area contributed by atoms with Gasteiger partial charge in [0.2, 0.25) is 0 Å². The van der Waals surface area contributed by atoms with Crippen LogP contribution in [0, 0.1) is 5.92 Å². The molecule has 3 rings (SSSR count). The molecule has 0 N–H and O–H groups in total. The van der Waals surface area contributed by atoms with Gasteiger partial charge in [0.25, 0.3) is 0 Å². The minimum absolute atomic E-state index is 0.160. The van der Waals surface area contributed by atoms with Crippen molar-refractivity contribution in [3.05, 3.63) is 36.0 Å². The highest BCUT2D eigenvalue weighted by Gasteiger charge is 2.33. The number of epoxide rings is 2. The Balaban J connectivity index is 1.83. The normalized spacial score (nSPS) is 35.1. The number of ether oxygens (including phenoxy) is 2. The van der Waals surface area contributed by atoms with Gasteiger partial charge in [0, 0.05) is 18.4 Å². The minimum Gasteiger partial charge on any atom is -0.373 e. The Morgan fingerprint density at radius 1 is 1.29 bits per heavy atom. The van der Waals surface area contributed by atoms with Gasteiger partial charge in [-0.3, -0.25) is 4.79 Å². The van der Waals surface area contributed by atoms with Crippen molar-refractivity contribution in [1.29, 1.82) is 0 Å². The first-order chi connectivity index (χ1) is 8.28. The summed E-state index contributed by atoms with van der Waals surface area (Å²) in [6.45, 7) is 5.32. The van der Waals surface area contributed by atoms with E-state index in [-0.39, 0.29) is 17.8 Å². The molecule has 0 amide bonds. The summed E-state index contributed by atoms with van der Waals surface area (Å²) in [5.74, 6) is 0.0290. The third kappa shape index (κ3) is 2.40. The Morgan fingerprint density at radius 3 is 2.53 bits per heavy atom. The molecule has 3 atom stereocenters. The number of Topliss-reactive ketones (excluding diaryl/α,β-unsaturated/α-hetero) is 1. The van der Waals surface area contributed by atoms with Crippen LogP contribution in [-0.2, 0) is 14.3 Å². The van der Waals surface area contributed by atoms with Crippen molar-refractivity contribution in [3.63, 3.8) is 0 Å². The van der Waals surface area contributed by atoms with Gasteiger partial charge in [0.05, 0.1) is 31.3 Å². The Hall–Kier alpha value is -1.19. The van der Waals surface area contributed by atoms with Gasteiger partial charge >= 0.3 is 0 Å². The van der Waals surface area contributed by atoms with Crippen LogP contribution in [0.4, 0.5) is 0 Å². The van der Waals surface area contributed by atoms with Gasteiger partial charge in [-0.05, 0) is 5.57 Å². The summed E-state index contributed by atoms with van der Waals surface area (Å²) < 4.78 is 10.5. The average Bonchev–Trinajstić information content (AvgIpc) is 3.18. The maximum atomic E-state index is 12.3. The van der Waals surface area contributed by atoms with Crippen LogP contribution in [0.1, 0.15) is 12.8 Å². The molecule has 0 aromatic heterocycles. The number of carbonyl (C=O) groups is 1. The highest BCUT2D eigenvalue weighted by atomic mass is 16.6. The first-order valence-electron chi connectivity index (χ1n) is 6.08. The second-order valence-electron chi connectivity index (χ2n) is 4.81. The number of ketones is 1. The number of allylic oxidation sites excluding steroid dienone is 3. The second kappa shape index (κ2) is 4.24. The topological polar surface area (TPSA) is 42.1 Å². The lowest BCUT2D eigenvalue weighted by atomic mass is 9.84. The maximum Gasteiger partial charge on any atom is 0.169 e. The van der Waals surface area contributed by atoms with Crippen molar-refractivity contribution < 1.29 is 14.3 Å². The van der Waals surface area contributed by atoms with Gasteiger partial charge in [-0.15, -0.1) is 6.58 Å². The number of carbonyl (C=O) groups excluding carboxylic acids is 1. The van der Waals surface area contributed by atoms with Crippen LogP contribution in [0.2, 0.25) is 0 Å². The van der Waals surface area contributed by atoms with Crippen molar-refractivity contribution in [2.75, 3.05) is 13.2 Å². The zero-order chi connectivity index (χ0) is 11.8. The largest absolute Gasteiger partial charge is 0.373 e. The minimum atomic E-state index is -0.160. The molecule has 3 nitrogen and oxygen atoms in total. The van der Waals surface area contributed by atoms with Crippen LogP contribution < -0.4 is 0 Å². The summed E-state index contributed by atoms with van der Waals surface area (Å²) in [6, 6.07) is 0. The summed E-state index contributed by atoms with van der Waals surface area (Å²) in [6.07, 6.45) is 7.87. The molecule has 0 bridgehead atoms. The summed E-state index contributed by atoms with van der Waals surface area (Å²) >= 11 is 0. The predicted molar refractivity (Wildman–Crippen MR) is 63.6 cm³/mol. The van der Waals surface area contributed by atoms with Crippen LogP contribution in [0.15, 0.2) is 36.0 Å². The van der Waals surface area contributed by atoms with E-state index in [4.69, 9.17) is 9.47 Å². The van der Waals surface area contributed by atoms with E-state index in [9.17, 15) is 4.79 Å². The van der Waals surface area contributed by atoms with Gasteiger partial charge in [-0.25, -0.2) is 0 Å². The summed E-state index contributed by atoms with van der Waals surface area (Å²) in [5, 5.41) is 0. The predicted octanol–water partition coefficient (Wildman–Crippen LogP) is 1.80. The van der Waals surface area contributed by atoms with Crippen molar-refractivity contribution in [2.45, 2.75) is 25.0 Å². The van der Waals surface area contributed by atoms with Gasteiger partial charge in [-0.2, -0.15) is 0 Å². The quantitative estimate of drug-likeness (QED) is 0.536. The fourth-order valence-corrected chi connectivity index (χ4v) is 2.22. The van der Waals surface area contributed by atoms with Crippen LogP contribution in [0.25, 0.3) is 0 Å². The smallest absolute Gasteiger partial charge is 0.169 e. The van der Waals surface area contributed by atoms with Gasteiger partial charge in [0.1, 0.15) is 0 Å². The molecule has 3 unspecified atom stereocenters. The van der Waals surface area contributed by atoms with E-state index in [0.717, 1.165) is 37.2 Å². The average molecular weight is 232 g/mol. The van der Waals surface area contributed by atoms with E-state index >= 15 is 0 Å². The van der Waals surface area contributed by atoms with Crippen molar-refractivity contribution in [3.8, 4) is 0 Å². The van der Waals surface area contributed by atoms with Crippen molar-refractivity contribution in [2.24, 2.45) is 5.92 Å². The molecule has 2 saturated heterocycles. The third-order valence-corrected chi connectivity index (χ3v) is 3.43. The molecule has 1 aliphatic carbocycles. The van der Waals surface area contributed by atoms with Crippen LogP contribution >= 0.6 is 0 Å². The molecule has 0 radical (unpaired) electrons. The fraction of sp³-hybridized carbons (Fsp3) is 0.500. The molecular formula is C14H16O3. The van der Waals surface area contributed by atoms with Gasteiger partial charge < -0.3 is 9.47 Å². The SMILES string of the molecule is C=CC1C=CC(CC2CO2)=C(CC2CO2)C1=O. The lowest BCUT2D eigenvalue weighted by Gasteiger charge is -2.18. The van der Waals surface area contributed by atoms with E-state index < -0.39 is 0 Å². The summed E-state index contributed by atoms with van der Waals surface area (Å²) in [5.41, 5.74) is 2.06. The van der Waals surface area contributed by atoms with E-state index in [1.807, 2.05) is 6.08 Å². The third-order valence-electron chi connectivity index (χ3n) is 3.43. The van der Waals surface area contributed by atoms with Crippen LogP contribution in [0.5, 0.6) is 0 Å². The highest BCUT2D eigenvalue weighted by molar-refractivity contribution is 6.01. The Labute approximate surface area is 101 Å². The number of rotatable bonds is 5. The molecule has 0 aromatic carbocycles. The molecule has 17 heavy (non-hydrogen) atoms. The lowest BCUT2D eigenvalue weighted by molar-refractivity contribution is -0.117. The highest BCUT2D eigenvalue weighted by Crippen LogP contribution is 2.32. The lowest BCUT2D eigenvalue weighted by Crippen LogP contribution is -2.19. The standard InChI is InChI=1S/C14H16O3/c1-2-9-3-4-10(5-11-7-16-11)13(14(9)15)6-12-8-17-12/h2-4,9,11-12H,1,5-8H2. The first-order valence-corrected chi connectivity index (χ1v) is 6.08. The number of hydrogen-bond acceptors (Lipinski definition) is 3. The van der Waals surface area contributed by atoms with Crippen molar-refractivity contribution >= 4 is 5.78 Å². The van der Waals surface area contributed by atoms with Crippen LogP contribution in [0.3, 0.4) is 0 Å². The molecule has 3 aliphatic rings. The maximum absolute atomic E-state index is 12.3. The van der Waals surface area contributed by atoms with E-state index in [0.29, 0.717) is 6.10 Å². The number of hydrogen-bond donors (Lipinski definition) is 0. The van der Waals surface area contributed by atoms with E-state index in [2.05, 4.69) is 12.7 Å². The van der Waals surface area contributed by atoms with E-state index in [1.54, 1.807) is 6.08 Å². The zero-order valence-electron chi connectivity index (χ0n) is 9.72. The fourth-order valence-electron chi connectivity index (χ4n) is 2.22. The summed E-state index contributed by atoms with van der Waals surface area (Å²) in [7, 11) is 0. The molecule has 0 aromatic rings. The molecule has 2 heterocycles. The molecule has 0 spiro atoms. The molecule has 90 valence electrons. The molecule has 2 fully saturated rings. The molecular weight excluding hydrogens is 216 g/mol. The first kappa shape index (κ1) is 10.9. The Bertz CT molecular complexity index is 411. The van der Waals surface area contributed by atoms with E-state index in [1.165, 1.54) is 0 Å². The monoisotopic (exact) mass is 232 g/mol. The van der Waals surface area contributed by atoms with Gasteiger partial charge in [-0.1, -0.05) is 18.2 Å². The Kier molecular flexibility index (Phi) is 2.73. The second-order valence-corrected chi connectivity index (χ2v) is 4.81. The molecule has 0 saturated carbocycles. The summed E-state index contributed by atoms with van der Waals surface area (Å²) in [4.78, 5) is 12.3.